The molecule has 12 heteroatoms. The Kier molecular flexibility index (Phi) is 11.2. The van der Waals surface area contributed by atoms with Gasteiger partial charge in [-0.2, -0.15) is 4.31 Å². The normalized spacial score (nSPS) is 17.2. The summed E-state index contributed by atoms with van der Waals surface area (Å²) in [6.07, 6.45) is 0.491. The third-order valence-electron chi connectivity index (χ3n) is 7.52. The second-order valence-corrected chi connectivity index (χ2v) is 16.0. The molecule has 0 saturated carbocycles. The Morgan fingerprint density at radius 3 is 2.50 bits per heavy atom. The highest BCUT2D eigenvalue weighted by Crippen LogP contribution is 2.27. The van der Waals surface area contributed by atoms with E-state index in [2.05, 4.69) is 15.7 Å². The minimum absolute atomic E-state index is 0.0385. The second-order valence-electron chi connectivity index (χ2n) is 13.1. The number of carbonyl (C=O) groups excluding carboxylic acids is 2. The Bertz CT molecular complexity index is 1510. The molecule has 3 N–H and O–H groups in total. The Morgan fingerprint density at radius 1 is 1.14 bits per heavy atom. The van der Waals surface area contributed by atoms with Gasteiger partial charge in [0.05, 0.1) is 38.8 Å². The number of fused-ring (bicyclic) bond motifs is 1. The number of aliphatic hydroxyl groups excluding tert-OH is 1. The molecule has 1 aliphatic rings. The predicted molar refractivity (Wildman–Crippen MR) is 173 cm³/mol. The minimum Gasteiger partial charge on any atom is -0.390 e. The molecular weight excluding hydrogens is 599 g/mol. The standard InChI is InChI=1S/C32H45N5O5S2/c1-22(2)19-36(44(41,42)24-13-14-25-29(17-24)43-21-34-25)20-28(38)27(16-23-10-7-6-8-11-23)37(30(39)18-32(3,4)5)35-31(40)26-12-9-15-33-26/h6-8,10-11,13-14,17,21-22,26-28,33,38H,9,12,15-16,18-20H2,1-5H3,(H,35,40)/t26?,27-,28+/m0/s1. The van der Waals surface area contributed by atoms with E-state index in [-0.39, 0.29) is 48.6 Å². The first-order valence-corrected chi connectivity index (χ1v) is 17.5. The summed E-state index contributed by atoms with van der Waals surface area (Å²) in [6.45, 7) is 10.2. The van der Waals surface area contributed by atoms with E-state index in [0.29, 0.717) is 18.5 Å². The quantitative estimate of drug-likeness (QED) is 0.255. The van der Waals surface area contributed by atoms with Gasteiger partial charge >= 0.3 is 0 Å². The van der Waals surface area contributed by atoms with Crippen molar-refractivity contribution in [2.24, 2.45) is 11.3 Å². The van der Waals surface area contributed by atoms with Crippen molar-refractivity contribution in [1.29, 1.82) is 0 Å². The number of amides is 2. The van der Waals surface area contributed by atoms with Crippen LogP contribution in [0.2, 0.25) is 0 Å². The molecule has 0 aliphatic carbocycles. The first-order valence-electron chi connectivity index (χ1n) is 15.2. The summed E-state index contributed by atoms with van der Waals surface area (Å²) in [4.78, 5) is 31.6. The van der Waals surface area contributed by atoms with Crippen LogP contribution in [0.5, 0.6) is 0 Å². The lowest BCUT2D eigenvalue weighted by atomic mass is 9.91. The van der Waals surface area contributed by atoms with Gasteiger partial charge in [-0.25, -0.2) is 18.4 Å². The van der Waals surface area contributed by atoms with E-state index in [4.69, 9.17) is 0 Å². The van der Waals surface area contributed by atoms with Crippen LogP contribution in [0.4, 0.5) is 0 Å². The Hall–Kier alpha value is -2.90. The van der Waals surface area contributed by atoms with Gasteiger partial charge in [0, 0.05) is 19.5 Å². The summed E-state index contributed by atoms with van der Waals surface area (Å²) in [5.74, 6) is -0.735. The van der Waals surface area contributed by atoms with Gasteiger partial charge in [0.15, 0.2) is 0 Å². The van der Waals surface area contributed by atoms with E-state index in [1.165, 1.54) is 26.7 Å². The van der Waals surface area contributed by atoms with E-state index in [0.717, 1.165) is 16.7 Å². The van der Waals surface area contributed by atoms with Crippen LogP contribution in [0.3, 0.4) is 0 Å². The van der Waals surface area contributed by atoms with Gasteiger partial charge in [-0.15, -0.1) is 11.3 Å². The first-order chi connectivity index (χ1) is 20.7. The number of hydrogen-bond donors (Lipinski definition) is 3. The van der Waals surface area contributed by atoms with Crippen LogP contribution >= 0.6 is 11.3 Å². The zero-order valence-electron chi connectivity index (χ0n) is 26.2. The third kappa shape index (κ3) is 8.85. The molecule has 1 fully saturated rings. The summed E-state index contributed by atoms with van der Waals surface area (Å²) >= 11 is 1.36. The predicted octanol–water partition coefficient (Wildman–Crippen LogP) is 3.96. The number of aromatic nitrogens is 1. The van der Waals surface area contributed by atoms with Crippen LogP contribution in [-0.4, -0.2) is 77.5 Å². The molecule has 2 amide bonds. The molecule has 1 unspecified atom stereocenters. The number of benzene rings is 2. The van der Waals surface area contributed by atoms with Crippen molar-refractivity contribution in [2.45, 2.75) is 83.4 Å². The number of rotatable bonds is 12. The highest BCUT2D eigenvalue weighted by Gasteiger charge is 2.38. The first kappa shape index (κ1) is 34.0. The monoisotopic (exact) mass is 643 g/mol. The van der Waals surface area contributed by atoms with Gasteiger partial charge < -0.3 is 10.4 Å². The van der Waals surface area contributed by atoms with Crippen LogP contribution in [0.1, 0.15) is 59.4 Å². The number of hydrogen-bond acceptors (Lipinski definition) is 8. The fourth-order valence-corrected chi connectivity index (χ4v) is 7.82. The molecule has 2 aromatic carbocycles. The summed E-state index contributed by atoms with van der Waals surface area (Å²) < 4.78 is 30.1. The zero-order chi connectivity index (χ0) is 32.1. The van der Waals surface area contributed by atoms with Crippen LogP contribution in [0, 0.1) is 11.3 Å². The van der Waals surface area contributed by atoms with Gasteiger partial charge in [0.25, 0.3) is 5.91 Å². The molecule has 1 aromatic heterocycles. The highest BCUT2D eigenvalue weighted by molar-refractivity contribution is 7.89. The lowest BCUT2D eigenvalue weighted by Gasteiger charge is -2.38. The molecule has 0 spiro atoms. The average molecular weight is 644 g/mol. The molecule has 1 saturated heterocycles. The molecule has 3 aromatic rings. The largest absolute Gasteiger partial charge is 0.390 e. The fourth-order valence-electron chi connectivity index (χ4n) is 5.38. The van der Waals surface area contributed by atoms with Crippen molar-refractivity contribution in [2.75, 3.05) is 19.6 Å². The number of thiazole rings is 1. The molecule has 44 heavy (non-hydrogen) atoms. The molecular formula is C32H45N5O5S2. The van der Waals surface area contributed by atoms with Crippen molar-refractivity contribution in [1.82, 2.24) is 25.0 Å². The van der Waals surface area contributed by atoms with E-state index < -0.39 is 33.6 Å². The maximum atomic E-state index is 14.0. The molecule has 2 heterocycles. The van der Waals surface area contributed by atoms with E-state index in [9.17, 15) is 23.1 Å². The van der Waals surface area contributed by atoms with Crippen molar-refractivity contribution >= 4 is 43.4 Å². The molecule has 1 aliphatic heterocycles. The number of nitrogens with one attached hydrogen (secondary N) is 2. The third-order valence-corrected chi connectivity index (χ3v) is 10.1. The maximum Gasteiger partial charge on any atom is 0.255 e. The minimum atomic E-state index is -4.03. The summed E-state index contributed by atoms with van der Waals surface area (Å²) in [6, 6.07) is 12.8. The Labute approximate surface area is 264 Å². The fraction of sp³-hybridized carbons (Fsp3) is 0.531. The van der Waals surface area contributed by atoms with Crippen LogP contribution in [0.25, 0.3) is 10.2 Å². The number of sulfonamides is 1. The molecule has 0 radical (unpaired) electrons. The molecule has 3 atom stereocenters. The maximum absolute atomic E-state index is 14.0. The van der Waals surface area contributed by atoms with Gasteiger partial charge in [0.2, 0.25) is 15.9 Å². The van der Waals surface area contributed by atoms with E-state index in [1.54, 1.807) is 17.6 Å². The van der Waals surface area contributed by atoms with E-state index >= 15 is 0 Å². The van der Waals surface area contributed by atoms with Crippen molar-refractivity contribution in [3.63, 3.8) is 0 Å². The van der Waals surface area contributed by atoms with E-state index in [1.807, 2.05) is 65.0 Å². The van der Waals surface area contributed by atoms with Crippen molar-refractivity contribution in [3.8, 4) is 0 Å². The number of carbonyl (C=O) groups is 2. The lowest BCUT2D eigenvalue weighted by molar-refractivity contribution is -0.150. The average Bonchev–Trinajstić information content (AvgIpc) is 3.66. The molecule has 0 bridgehead atoms. The summed E-state index contributed by atoms with van der Waals surface area (Å²) in [7, 11) is -4.03. The van der Waals surface area contributed by atoms with Crippen LogP contribution in [0.15, 0.2) is 58.9 Å². The molecule has 4 rings (SSSR count). The van der Waals surface area contributed by atoms with Gasteiger partial charge in [-0.1, -0.05) is 65.0 Å². The smallest absolute Gasteiger partial charge is 0.255 e. The number of hydrazine groups is 1. The van der Waals surface area contributed by atoms with Gasteiger partial charge in [-0.05, 0) is 60.9 Å². The Balaban J connectivity index is 1.71. The Morgan fingerprint density at radius 2 is 1.86 bits per heavy atom. The number of nitrogens with zero attached hydrogens (tertiary/aromatic N) is 3. The number of aliphatic hydroxyl groups is 1. The summed E-state index contributed by atoms with van der Waals surface area (Å²) in [5, 5.41) is 16.3. The van der Waals surface area contributed by atoms with Crippen LogP contribution < -0.4 is 10.7 Å². The molecule has 10 nitrogen and oxygen atoms in total. The van der Waals surface area contributed by atoms with Gasteiger partial charge in [-0.3, -0.25) is 15.0 Å². The zero-order valence-corrected chi connectivity index (χ0v) is 27.8. The lowest BCUT2D eigenvalue weighted by Crippen LogP contribution is -2.61. The highest BCUT2D eigenvalue weighted by atomic mass is 32.2. The second kappa shape index (κ2) is 14.5. The van der Waals surface area contributed by atoms with Crippen LogP contribution in [-0.2, 0) is 26.0 Å². The van der Waals surface area contributed by atoms with Crippen molar-refractivity contribution in [3.05, 3.63) is 59.6 Å². The van der Waals surface area contributed by atoms with Gasteiger partial charge in [0.1, 0.15) is 0 Å². The summed E-state index contributed by atoms with van der Waals surface area (Å²) in [5.41, 5.74) is 5.67. The SMILES string of the molecule is CC(C)CN(C[C@@H](O)[C@H](Cc1ccccc1)N(NC(=O)C1CCCN1)C(=O)CC(C)(C)C)S(=O)(=O)c1ccc2ncsc2c1. The topological polar surface area (TPSA) is 132 Å². The molecule has 240 valence electrons. The van der Waals surface area contributed by atoms with Crippen molar-refractivity contribution < 1.29 is 23.1 Å².